The summed E-state index contributed by atoms with van der Waals surface area (Å²) in [5, 5.41) is 0. The molecule has 0 saturated heterocycles. The van der Waals surface area contributed by atoms with E-state index in [4.69, 9.17) is 9.47 Å². The molecule has 19 heavy (non-hydrogen) atoms. The van der Waals surface area contributed by atoms with Crippen molar-refractivity contribution in [3.8, 4) is 0 Å². The molecule has 0 atom stereocenters. The van der Waals surface area contributed by atoms with Gasteiger partial charge in [0.15, 0.2) is 0 Å². The van der Waals surface area contributed by atoms with E-state index in [-0.39, 0.29) is 19.6 Å². The summed E-state index contributed by atoms with van der Waals surface area (Å²) in [6, 6.07) is 9.25. The predicted molar refractivity (Wildman–Crippen MR) is 75.1 cm³/mol. The summed E-state index contributed by atoms with van der Waals surface area (Å²) in [6.07, 6.45) is 0.186. The average Bonchev–Trinajstić information content (AvgIpc) is 2.40. The van der Waals surface area contributed by atoms with E-state index in [1.807, 2.05) is 30.3 Å². The van der Waals surface area contributed by atoms with Crippen molar-refractivity contribution in [2.24, 2.45) is 0 Å². The smallest absolute Gasteiger partial charge is 0.334 e. The molecule has 0 aliphatic rings. The van der Waals surface area contributed by atoms with Crippen molar-refractivity contribution in [1.29, 1.82) is 0 Å². The highest BCUT2D eigenvalue weighted by Gasteiger charge is 2.46. The molecule has 0 radical (unpaired) electrons. The summed E-state index contributed by atoms with van der Waals surface area (Å²) < 4.78 is 8.43. The molecule has 0 bridgehead atoms. The Balaban J connectivity index is 2.98. The Morgan fingerprint density at radius 1 is 1.05 bits per heavy atom. The van der Waals surface area contributed by atoms with Gasteiger partial charge in [-0.1, -0.05) is 46.3 Å². The van der Waals surface area contributed by atoms with Crippen LogP contribution in [0.2, 0.25) is 0 Å². The molecule has 0 saturated carbocycles. The third-order valence-corrected chi connectivity index (χ3v) is 3.42. The minimum atomic E-state index is -1.49. The van der Waals surface area contributed by atoms with Gasteiger partial charge in [0.1, 0.15) is 0 Å². The van der Waals surface area contributed by atoms with Gasteiger partial charge in [0.2, 0.25) is 4.32 Å². The summed E-state index contributed by atoms with van der Waals surface area (Å²) >= 11 is 3.21. The molecule has 0 aliphatic carbocycles. The lowest BCUT2D eigenvalue weighted by atomic mass is 9.99. The van der Waals surface area contributed by atoms with Crippen LogP contribution < -0.4 is 0 Å². The lowest BCUT2D eigenvalue weighted by Crippen LogP contribution is -2.45. The van der Waals surface area contributed by atoms with Crippen LogP contribution in [0, 0.1) is 0 Å². The number of rotatable bonds is 6. The number of esters is 2. The number of hydrogen-bond acceptors (Lipinski definition) is 4. The van der Waals surface area contributed by atoms with Crippen molar-refractivity contribution in [2.45, 2.75) is 24.6 Å². The minimum Gasteiger partial charge on any atom is -0.464 e. The van der Waals surface area contributed by atoms with E-state index >= 15 is 0 Å². The average molecular weight is 329 g/mol. The van der Waals surface area contributed by atoms with Crippen LogP contribution in [-0.4, -0.2) is 29.5 Å². The molecule has 0 unspecified atom stereocenters. The van der Waals surface area contributed by atoms with Gasteiger partial charge in [0.25, 0.3) is 0 Å². The van der Waals surface area contributed by atoms with Gasteiger partial charge in [-0.15, -0.1) is 0 Å². The molecule has 5 heteroatoms. The zero-order chi connectivity index (χ0) is 14.3. The number of benzene rings is 1. The van der Waals surface area contributed by atoms with E-state index in [0.29, 0.717) is 0 Å². The summed E-state index contributed by atoms with van der Waals surface area (Å²) in [5.41, 5.74) is 0.848. The summed E-state index contributed by atoms with van der Waals surface area (Å²) in [7, 11) is 0. The molecule has 4 nitrogen and oxygen atoms in total. The zero-order valence-corrected chi connectivity index (χ0v) is 12.6. The number of halogens is 1. The largest absolute Gasteiger partial charge is 0.464 e. The Kier molecular flexibility index (Phi) is 6.02. The second kappa shape index (κ2) is 7.28. The first-order valence-corrected chi connectivity index (χ1v) is 6.91. The van der Waals surface area contributed by atoms with Gasteiger partial charge in [0, 0.05) is 6.42 Å². The van der Waals surface area contributed by atoms with Crippen molar-refractivity contribution in [1.82, 2.24) is 0 Å². The summed E-state index contributed by atoms with van der Waals surface area (Å²) in [5.74, 6) is -1.25. The van der Waals surface area contributed by atoms with Crippen LogP contribution in [0.15, 0.2) is 30.3 Å². The number of carbonyl (C=O) groups excluding carboxylic acids is 2. The van der Waals surface area contributed by atoms with Gasteiger partial charge in [-0.05, 0) is 19.4 Å². The highest BCUT2D eigenvalue weighted by Crippen LogP contribution is 2.27. The maximum atomic E-state index is 12.0. The van der Waals surface area contributed by atoms with Gasteiger partial charge in [-0.25, -0.2) is 9.59 Å². The van der Waals surface area contributed by atoms with Gasteiger partial charge in [0.05, 0.1) is 13.2 Å². The maximum Gasteiger partial charge on any atom is 0.334 e. The Morgan fingerprint density at radius 2 is 1.53 bits per heavy atom. The molecule has 1 aromatic carbocycles. The van der Waals surface area contributed by atoms with Crippen molar-refractivity contribution < 1.29 is 19.1 Å². The first kappa shape index (κ1) is 15.7. The van der Waals surface area contributed by atoms with Crippen LogP contribution in [0.4, 0.5) is 0 Å². The molecule has 104 valence electrons. The van der Waals surface area contributed by atoms with E-state index in [0.717, 1.165) is 5.56 Å². The Bertz CT molecular complexity index is 412. The summed E-state index contributed by atoms with van der Waals surface area (Å²) in [4.78, 5) is 24.0. The third-order valence-electron chi connectivity index (χ3n) is 2.49. The Labute approximate surface area is 121 Å². The fourth-order valence-electron chi connectivity index (χ4n) is 1.60. The quantitative estimate of drug-likeness (QED) is 0.457. The lowest BCUT2D eigenvalue weighted by Gasteiger charge is -2.23. The molecule has 1 aromatic rings. The molecular weight excluding hydrogens is 312 g/mol. The highest BCUT2D eigenvalue weighted by atomic mass is 79.9. The first-order chi connectivity index (χ1) is 9.04. The molecule has 0 aliphatic heterocycles. The molecule has 0 fully saturated rings. The Morgan fingerprint density at radius 3 is 1.95 bits per heavy atom. The standard InChI is InChI=1S/C14H17BrO4/c1-3-18-12(16)14(15,13(17)19-4-2)10-11-8-6-5-7-9-11/h5-9H,3-4,10H2,1-2H3. The van der Waals surface area contributed by atoms with Crippen LogP contribution in [0.5, 0.6) is 0 Å². The van der Waals surface area contributed by atoms with E-state index in [1.165, 1.54) is 0 Å². The SMILES string of the molecule is CCOC(=O)C(Br)(Cc1ccccc1)C(=O)OCC. The van der Waals surface area contributed by atoms with Crippen LogP contribution in [0.25, 0.3) is 0 Å². The Hall–Kier alpha value is -1.36. The van der Waals surface area contributed by atoms with Crippen molar-refractivity contribution in [2.75, 3.05) is 13.2 Å². The second-order valence-corrected chi connectivity index (χ2v) is 5.26. The van der Waals surface area contributed by atoms with Gasteiger partial charge >= 0.3 is 11.9 Å². The molecule has 1 rings (SSSR count). The maximum absolute atomic E-state index is 12.0. The van der Waals surface area contributed by atoms with Crippen molar-refractivity contribution in [3.05, 3.63) is 35.9 Å². The third kappa shape index (κ3) is 4.06. The number of alkyl halides is 1. The molecule has 0 aromatic heterocycles. The summed E-state index contributed by atoms with van der Waals surface area (Å²) in [6.45, 7) is 3.80. The van der Waals surface area contributed by atoms with Gasteiger partial charge < -0.3 is 9.47 Å². The molecule has 0 heterocycles. The fraction of sp³-hybridized carbons (Fsp3) is 0.429. The minimum absolute atomic E-state index is 0.186. The van der Waals surface area contributed by atoms with E-state index < -0.39 is 16.3 Å². The van der Waals surface area contributed by atoms with E-state index in [1.54, 1.807) is 13.8 Å². The van der Waals surface area contributed by atoms with Crippen molar-refractivity contribution in [3.63, 3.8) is 0 Å². The number of hydrogen-bond donors (Lipinski definition) is 0. The molecule has 0 N–H and O–H groups in total. The van der Waals surface area contributed by atoms with Crippen LogP contribution >= 0.6 is 15.9 Å². The van der Waals surface area contributed by atoms with Gasteiger partial charge in [-0.2, -0.15) is 0 Å². The fourth-order valence-corrected chi connectivity index (χ4v) is 2.15. The first-order valence-electron chi connectivity index (χ1n) is 6.11. The molecular formula is C14H17BrO4. The van der Waals surface area contributed by atoms with E-state index in [2.05, 4.69) is 15.9 Å². The predicted octanol–water partition coefficient (Wildman–Crippen LogP) is 2.49. The highest BCUT2D eigenvalue weighted by molar-refractivity contribution is 9.10. The second-order valence-electron chi connectivity index (χ2n) is 3.90. The van der Waals surface area contributed by atoms with Crippen LogP contribution in [0.3, 0.4) is 0 Å². The van der Waals surface area contributed by atoms with Crippen LogP contribution in [0.1, 0.15) is 19.4 Å². The van der Waals surface area contributed by atoms with Crippen LogP contribution in [-0.2, 0) is 25.5 Å². The van der Waals surface area contributed by atoms with Gasteiger partial charge in [-0.3, -0.25) is 0 Å². The topological polar surface area (TPSA) is 52.6 Å². The number of ether oxygens (including phenoxy) is 2. The molecule has 0 amide bonds. The van der Waals surface area contributed by atoms with E-state index in [9.17, 15) is 9.59 Å². The molecule has 0 spiro atoms. The van der Waals surface area contributed by atoms with Crippen molar-refractivity contribution >= 4 is 27.9 Å². The zero-order valence-electron chi connectivity index (χ0n) is 11.0. The monoisotopic (exact) mass is 328 g/mol. The number of carbonyl (C=O) groups is 2. The normalized spacial score (nSPS) is 10.9. The lowest BCUT2D eigenvalue weighted by molar-refractivity contribution is -0.158.